The Morgan fingerprint density at radius 2 is 1.83 bits per heavy atom. The highest BCUT2D eigenvalue weighted by atomic mass is 19.1. The van der Waals surface area contributed by atoms with Crippen LogP contribution in [-0.4, -0.2) is 17.5 Å². The first-order valence-electron chi connectivity index (χ1n) is 9.76. The first-order chi connectivity index (χ1) is 14.6. The summed E-state index contributed by atoms with van der Waals surface area (Å²) in [4.78, 5) is 17.0. The van der Waals surface area contributed by atoms with Crippen molar-refractivity contribution < 1.29 is 18.3 Å². The molecule has 0 spiro atoms. The Morgan fingerprint density at radius 3 is 2.63 bits per heavy atom. The molecule has 1 amide bonds. The molecule has 0 atom stereocenters. The summed E-state index contributed by atoms with van der Waals surface area (Å²) >= 11 is 0. The Morgan fingerprint density at radius 1 is 1.07 bits per heavy atom. The van der Waals surface area contributed by atoms with Crippen molar-refractivity contribution in [3.05, 3.63) is 95.1 Å². The van der Waals surface area contributed by atoms with Gasteiger partial charge in [-0.25, -0.2) is 9.37 Å². The smallest absolute Gasteiger partial charge is 0.251 e. The third-order valence-electron chi connectivity index (χ3n) is 4.71. The second-order valence-electron chi connectivity index (χ2n) is 6.78. The SMILES string of the molecule is CCOc1ccccc1CNC(=O)c1ccc2nc(Cc3ccccc3F)oc2c1. The molecule has 152 valence electrons. The van der Waals surface area contributed by atoms with Gasteiger partial charge >= 0.3 is 0 Å². The number of amides is 1. The lowest BCUT2D eigenvalue weighted by molar-refractivity contribution is 0.0950. The van der Waals surface area contributed by atoms with Crippen LogP contribution < -0.4 is 10.1 Å². The number of nitrogens with one attached hydrogen (secondary N) is 1. The number of carbonyl (C=O) groups is 1. The van der Waals surface area contributed by atoms with E-state index in [4.69, 9.17) is 9.15 Å². The van der Waals surface area contributed by atoms with Gasteiger partial charge in [0.15, 0.2) is 11.5 Å². The van der Waals surface area contributed by atoms with E-state index >= 15 is 0 Å². The van der Waals surface area contributed by atoms with E-state index in [1.165, 1.54) is 6.07 Å². The molecule has 0 radical (unpaired) electrons. The van der Waals surface area contributed by atoms with Gasteiger partial charge in [0.2, 0.25) is 0 Å². The van der Waals surface area contributed by atoms with Crippen LogP contribution in [0.15, 0.2) is 71.1 Å². The molecule has 30 heavy (non-hydrogen) atoms. The number of hydrogen-bond acceptors (Lipinski definition) is 4. The molecule has 0 bridgehead atoms. The third kappa shape index (κ3) is 4.33. The number of carbonyl (C=O) groups excluding carboxylic acids is 1. The van der Waals surface area contributed by atoms with Crippen LogP contribution >= 0.6 is 0 Å². The average Bonchev–Trinajstić information content (AvgIpc) is 3.16. The zero-order chi connectivity index (χ0) is 20.9. The van der Waals surface area contributed by atoms with Crippen LogP contribution in [0.1, 0.15) is 34.3 Å². The lowest BCUT2D eigenvalue weighted by Gasteiger charge is -2.11. The van der Waals surface area contributed by atoms with Crippen LogP contribution in [0.5, 0.6) is 5.75 Å². The molecule has 1 N–H and O–H groups in total. The van der Waals surface area contributed by atoms with Crippen molar-refractivity contribution in [2.24, 2.45) is 0 Å². The standard InChI is InChI=1S/C24H21FN2O3/c1-2-29-21-10-6-4-8-18(21)15-26-24(28)17-11-12-20-22(13-17)30-23(27-20)14-16-7-3-5-9-19(16)25/h3-13H,2,14-15H2,1H3,(H,26,28). The number of nitrogens with zero attached hydrogens (tertiary/aromatic N) is 1. The molecular formula is C24H21FN2O3. The predicted octanol–water partition coefficient (Wildman–Crippen LogP) is 4.89. The largest absolute Gasteiger partial charge is 0.494 e. The average molecular weight is 404 g/mol. The van der Waals surface area contributed by atoms with Crippen LogP contribution in [0.4, 0.5) is 4.39 Å². The molecule has 0 unspecified atom stereocenters. The molecule has 5 nitrogen and oxygen atoms in total. The maximum atomic E-state index is 13.9. The molecule has 0 saturated heterocycles. The van der Waals surface area contributed by atoms with Gasteiger partial charge in [-0.1, -0.05) is 36.4 Å². The fourth-order valence-corrected chi connectivity index (χ4v) is 3.22. The normalized spacial score (nSPS) is 10.9. The van der Waals surface area contributed by atoms with E-state index in [-0.39, 0.29) is 18.1 Å². The predicted molar refractivity (Wildman–Crippen MR) is 112 cm³/mol. The first-order valence-corrected chi connectivity index (χ1v) is 9.76. The maximum Gasteiger partial charge on any atom is 0.251 e. The van der Waals surface area contributed by atoms with Crippen LogP contribution in [0.2, 0.25) is 0 Å². The molecule has 6 heteroatoms. The van der Waals surface area contributed by atoms with Crippen LogP contribution in [0.3, 0.4) is 0 Å². The number of rotatable bonds is 7. The minimum Gasteiger partial charge on any atom is -0.494 e. The summed E-state index contributed by atoms with van der Waals surface area (Å²) in [5.41, 5.74) is 2.99. The van der Waals surface area contributed by atoms with Gasteiger partial charge in [0.05, 0.1) is 13.0 Å². The van der Waals surface area contributed by atoms with Crippen molar-refractivity contribution in [1.82, 2.24) is 10.3 Å². The van der Waals surface area contributed by atoms with E-state index in [2.05, 4.69) is 10.3 Å². The van der Waals surface area contributed by atoms with Gasteiger partial charge < -0.3 is 14.5 Å². The Balaban J connectivity index is 1.48. The fraction of sp³-hybridized carbons (Fsp3) is 0.167. The van der Waals surface area contributed by atoms with Gasteiger partial charge in [-0.3, -0.25) is 4.79 Å². The molecule has 0 aliphatic rings. The van der Waals surface area contributed by atoms with Gasteiger partial charge in [-0.15, -0.1) is 0 Å². The minimum atomic E-state index is -0.299. The fourth-order valence-electron chi connectivity index (χ4n) is 3.22. The molecule has 3 aromatic carbocycles. The van der Waals surface area contributed by atoms with Crippen LogP contribution in [-0.2, 0) is 13.0 Å². The van der Waals surface area contributed by atoms with E-state index in [9.17, 15) is 9.18 Å². The molecule has 0 aliphatic carbocycles. The minimum absolute atomic E-state index is 0.227. The lowest BCUT2D eigenvalue weighted by atomic mass is 10.1. The summed E-state index contributed by atoms with van der Waals surface area (Å²) < 4.78 is 25.2. The van der Waals surface area contributed by atoms with Crippen molar-refractivity contribution in [1.29, 1.82) is 0 Å². The molecule has 0 aliphatic heterocycles. The maximum absolute atomic E-state index is 13.9. The highest BCUT2D eigenvalue weighted by Crippen LogP contribution is 2.21. The lowest BCUT2D eigenvalue weighted by Crippen LogP contribution is -2.23. The van der Waals surface area contributed by atoms with E-state index in [1.807, 2.05) is 31.2 Å². The van der Waals surface area contributed by atoms with Crippen molar-refractivity contribution in [3.63, 3.8) is 0 Å². The summed E-state index contributed by atoms with van der Waals surface area (Å²) in [5, 5.41) is 2.90. The number of benzene rings is 3. The van der Waals surface area contributed by atoms with Gasteiger partial charge in [-0.2, -0.15) is 0 Å². The number of halogens is 1. The topological polar surface area (TPSA) is 64.4 Å². The van der Waals surface area contributed by atoms with Crippen molar-refractivity contribution >= 4 is 17.0 Å². The van der Waals surface area contributed by atoms with Crippen molar-refractivity contribution in [3.8, 4) is 5.75 Å². The number of hydrogen-bond donors (Lipinski definition) is 1. The Bertz CT molecular complexity index is 1190. The summed E-state index contributed by atoms with van der Waals surface area (Å²) in [6.07, 6.45) is 0.247. The van der Waals surface area contributed by atoms with Crippen LogP contribution in [0, 0.1) is 5.82 Å². The Hall–Kier alpha value is -3.67. The van der Waals surface area contributed by atoms with E-state index in [1.54, 1.807) is 36.4 Å². The third-order valence-corrected chi connectivity index (χ3v) is 4.71. The highest BCUT2D eigenvalue weighted by Gasteiger charge is 2.13. The molecule has 4 rings (SSSR count). The molecule has 1 aromatic heterocycles. The van der Waals surface area contributed by atoms with Gasteiger partial charge in [0.25, 0.3) is 5.91 Å². The summed E-state index contributed by atoms with van der Waals surface area (Å²) in [6.45, 7) is 2.83. The van der Waals surface area contributed by atoms with Crippen molar-refractivity contribution in [2.75, 3.05) is 6.61 Å². The molecule has 4 aromatic rings. The Labute approximate surface area is 173 Å². The molecule has 0 saturated carbocycles. The van der Waals surface area contributed by atoms with E-state index < -0.39 is 0 Å². The summed E-state index contributed by atoms with van der Waals surface area (Å²) in [5.74, 6) is 0.629. The molecule has 1 heterocycles. The zero-order valence-corrected chi connectivity index (χ0v) is 16.5. The number of para-hydroxylation sites is 1. The molecule has 0 fully saturated rings. The van der Waals surface area contributed by atoms with Gasteiger partial charge in [0, 0.05) is 17.7 Å². The summed E-state index contributed by atoms with van der Waals surface area (Å²) in [7, 11) is 0. The Kier molecular flexibility index (Phi) is 5.75. The summed E-state index contributed by atoms with van der Waals surface area (Å²) in [6, 6.07) is 19.2. The zero-order valence-electron chi connectivity index (χ0n) is 16.5. The highest BCUT2D eigenvalue weighted by molar-refractivity contribution is 5.97. The van der Waals surface area contributed by atoms with Gasteiger partial charge in [-0.05, 0) is 42.8 Å². The van der Waals surface area contributed by atoms with Crippen molar-refractivity contribution in [2.45, 2.75) is 19.9 Å². The number of aromatic nitrogens is 1. The second kappa shape index (κ2) is 8.78. The monoisotopic (exact) mass is 404 g/mol. The molecular weight excluding hydrogens is 383 g/mol. The second-order valence-corrected chi connectivity index (χ2v) is 6.78. The quantitative estimate of drug-likeness (QED) is 0.477. The number of fused-ring (bicyclic) bond motifs is 1. The number of ether oxygens (including phenoxy) is 1. The van der Waals surface area contributed by atoms with Crippen LogP contribution in [0.25, 0.3) is 11.1 Å². The van der Waals surface area contributed by atoms with E-state index in [0.29, 0.717) is 41.3 Å². The first kappa shape index (κ1) is 19.6. The number of oxazole rings is 1. The van der Waals surface area contributed by atoms with E-state index in [0.717, 1.165) is 11.3 Å². The van der Waals surface area contributed by atoms with Gasteiger partial charge in [0.1, 0.15) is 17.1 Å².